The molecule has 0 heterocycles. The van der Waals surface area contributed by atoms with Crippen LogP contribution in [0.4, 0.5) is 0 Å². The highest BCUT2D eigenvalue weighted by molar-refractivity contribution is 5.94. The van der Waals surface area contributed by atoms with Gasteiger partial charge in [-0.2, -0.15) is 0 Å². The molecular formula is C18H36N8O7. The van der Waals surface area contributed by atoms with E-state index in [0.717, 1.165) is 0 Å². The predicted molar refractivity (Wildman–Crippen MR) is 118 cm³/mol. The van der Waals surface area contributed by atoms with Crippen molar-refractivity contribution in [1.82, 2.24) is 16.0 Å². The lowest BCUT2D eigenvalue weighted by Crippen LogP contribution is -2.57. The first-order valence-electron chi connectivity index (χ1n) is 10.4. The Morgan fingerprint density at radius 2 is 1.30 bits per heavy atom. The zero-order chi connectivity index (χ0) is 25.4. The topological polar surface area (TPSA) is 282 Å². The number of aliphatic hydroxyl groups is 2. The molecule has 0 saturated carbocycles. The second-order valence-electron chi connectivity index (χ2n) is 7.23. The summed E-state index contributed by atoms with van der Waals surface area (Å²) >= 11 is 0. The third kappa shape index (κ3) is 12.6. The molecule has 0 bridgehead atoms. The van der Waals surface area contributed by atoms with Gasteiger partial charge in [0.25, 0.3) is 0 Å². The minimum atomic E-state index is -1.55. The molecule has 0 aliphatic heterocycles. The second-order valence-corrected chi connectivity index (χ2v) is 7.23. The maximum atomic E-state index is 12.9. The molecule has 0 aliphatic carbocycles. The van der Waals surface area contributed by atoms with Crippen LogP contribution in [-0.2, 0) is 19.2 Å². The normalized spacial score (nSPS) is 14.3. The van der Waals surface area contributed by atoms with E-state index in [1.54, 1.807) is 0 Å². The molecule has 4 unspecified atom stereocenters. The number of aliphatic carboxylic acids is 1. The van der Waals surface area contributed by atoms with E-state index in [0.29, 0.717) is 25.8 Å². The van der Waals surface area contributed by atoms with Crippen molar-refractivity contribution in [2.24, 2.45) is 27.9 Å². The number of rotatable bonds is 17. The highest BCUT2D eigenvalue weighted by Gasteiger charge is 2.29. The number of nitrogens with zero attached hydrogens (tertiary/aromatic N) is 1. The fraction of sp³-hybridized carbons (Fsp3) is 0.722. The molecule has 15 nitrogen and oxygen atoms in total. The van der Waals surface area contributed by atoms with Gasteiger partial charge < -0.3 is 54.2 Å². The number of unbranched alkanes of at least 4 members (excludes halogenated alkanes) is 1. The molecule has 15 heteroatoms. The zero-order valence-electron chi connectivity index (χ0n) is 18.4. The number of aliphatic imine (C=N–C) groups is 1. The molecule has 0 fully saturated rings. The lowest BCUT2D eigenvalue weighted by molar-refractivity contribution is -0.143. The van der Waals surface area contributed by atoms with E-state index in [2.05, 4.69) is 20.9 Å². The Balaban J connectivity index is 5.44. The zero-order valence-corrected chi connectivity index (χ0v) is 18.4. The number of nitrogens with one attached hydrogen (secondary N) is 3. The van der Waals surface area contributed by atoms with E-state index in [1.807, 2.05) is 0 Å². The van der Waals surface area contributed by atoms with Crippen LogP contribution in [0.25, 0.3) is 0 Å². The highest BCUT2D eigenvalue weighted by atomic mass is 16.4. The minimum Gasteiger partial charge on any atom is -0.480 e. The summed E-state index contributed by atoms with van der Waals surface area (Å²) in [5.74, 6) is -3.92. The molecule has 0 rings (SSSR count). The van der Waals surface area contributed by atoms with Crippen LogP contribution in [0, 0.1) is 0 Å². The number of carbonyl (C=O) groups excluding carboxylic acids is 3. The smallest absolute Gasteiger partial charge is 0.328 e. The quantitative estimate of drug-likeness (QED) is 0.0538. The number of amides is 3. The lowest BCUT2D eigenvalue weighted by Gasteiger charge is -2.25. The number of aliphatic hydroxyl groups excluding tert-OH is 2. The van der Waals surface area contributed by atoms with E-state index in [4.69, 9.17) is 38.3 Å². The van der Waals surface area contributed by atoms with Crippen LogP contribution in [0.5, 0.6) is 0 Å². The SMILES string of the molecule is NCCCCC(NC(=O)C(CCCN=C(N)N)NC(=O)C(N)CO)C(=O)NC(CO)C(=O)O. The van der Waals surface area contributed by atoms with Gasteiger partial charge in [-0.05, 0) is 38.6 Å². The Labute approximate surface area is 191 Å². The minimum absolute atomic E-state index is 0.0814. The average Bonchev–Trinajstić information content (AvgIpc) is 2.77. The summed E-state index contributed by atoms with van der Waals surface area (Å²) in [5, 5.41) is 34.3. The van der Waals surface area contributed by atoms with Crippen LogP contribution in [0.2, 0.25) is 0 Å². The second kappa shape index (κ2) is 16.6. The average molecular weight is 477 g/mol. The van der Waals surface area contributed by atoms with Crippen molar-refractivity contribution in [3.63, 3.8) is 0 Å². The summed E-state index contributed by atoms with van der Waals surface area (Å²) in [6.07, 6.45) is 1.50. The number of nitrogens with two attached hydrogens (primary N) is 4. The van der Waals surface area contributed by atoms with Gasteiger partial charge in [-0.15, -0.1) is 0 Å². The van der Waals surface area contributed by atoms with Crippen molar-refractivity contribution in [2.75, 3.05) is 26.3 Å². The molecule has 4 atom stereocenters. The molecule has 14 N–H and O–H groups in total. The molecule has 0 aromatic carbocycles. The van der Waals surface area contributed by atoms with Gasteiger partial charge in [0.05, 0.1) is 13.2 Å². The van der Waals surface area contributed by atoms with E-state index in [-0.39, 0.29) is 25.3 Å². The fourth-order valence-electron chi connectivity index (χ4n) is 2.63. The Kier molecular flexibility index (Phi) is 15.1. The summed E-state index contributed by atoms with van der Waals surface area (Å²) in [6.45, 7) is -0.965. The van der Waals surface area contributed by atoms with Gasteiger partial charge in [0.2, 0.25) is 17.7 Å². The monoisotopic (exact) mass is 476 g/mol. The molecule has 33 heavy (non-hydrogen) atoms. The first-order valence-corrected chi connectivity index (χ1v) is 10.4. The first-order chi connectivity index (χ1) is 15.6. The third-order valence-electron chi connectivity index (χ3n) is 4.49. The first kappa shape index (κ1) is 30.0. The maximum Gasteiger partial charge on any atom is 0.328 e. The molecule has 0 radical (unpaired) electrons. The van der Waals surface area contributed by atoms with Gasteiger partial charge in [-0.3, -0.25) is 19.4 Å². The maximum absolute atomic E-state index is 12.9. The van der Waals surface area contributed by atoms with Crippen LogP contribution in [-0.4, -0.2) is 95.4 Å². The molecule has 0 aromatic rings. The molecule has 190 valence electrons. The van der Waals surface area contributed by atoms with Gasteiger partial charge >= 0.3 is 5.97 Å². The summed E-state index contributed by atoms with van der Waals surface area (Å²) in [5.41, 5.74) is 21.5. The number of carbonyl (C=O) groups is 4. The van der Waals surface area contributed by atoms with E-state index in [1.165, 1.54) is 0 Å². The Hall–Kier alpha value is -3.01. The summed E-state index contributed by atoms with van der Waals surface area (Å²) < 4.78 is 0. The van der Waals surface area contributed by atoms with Gasteiger partial charge in [-0.1, -0.05) is 0 Å². The van der Waals surface area contributed by atoms with E-state index >= 15 is 0 Å². The number of guanidine groups is 1. The van der Waals surface area contributed by atoms with Crippen LogP contribution in [0.15, 0.2) is 4.99 Å². The standard InChI is InChI=1S/C18H36N8O7/c19-6-2-1-4-11(16(31)26-13(9-28)17(32)33)25-15(30)12(5-3-7-23-18(21)22)24-14(29)10(20)8-27/h10-13,27-28H,1-9,19-20H2,(H,24,29)(H,25,30)(H,26,31)(H,32,33)(H4,21,22,23). The van der Waals surface area contributed by atoms with Crippen molar-refractivity contribution in [3.05, 3.63) is 0 Å². The van der Waals surface area contributed by atoms with Gasteiger partial charge in [0.1, 0.15) is 24.2 Å². The summed E-state index contributed by atoms with van der Waals surface area (Å²) in [6, 6.07) is -5.10. The van der Waals surface area contributed by atoms with Crippen molar-refractivity contribution in [2.45, 2.75) is 56.3 Å². The van der Waals surface area contributed by atoms with Gasteiger partial charge in [0.15, 0.2) is 5.96 Å². The molecule has 0 saturated heterocycles. The summed E-state index contributed by atoms with van der Waals surface area (Å²) in [7, 11) is 0. The lowest BCUT2D eigenvalue weighted by atomic mass is 10.1. The molecule has 0 aromatic heterocycles. The van der Waals surface area contributed by atoms with Crippen molar-refractivity contribution >= 4 is 29.7 Å². The Bertz CT molecular complexity index is 672. The van der Waals surface area contributed by atoms with Gasteiger partial charge in [-0.25, -0.2) is 4.79 Å². The number of carboxylic acid groups (broad SMARTS) is 1. The predicted octanol–water partition coefficient (Wildman–Crippen LogP) is -4.98. The number of hydrogen-bond acceptors (Lipinski definition) is 9. The van der Waals surface area contributed by atoms with Gasteiger partial charge in [0, 0.05) is 6.54 Å². The van der Waals surface area contributed by atoms with E-state index in [9.17, 15) is 19.2 Å². The van der Waals surface area contributed by atoms with Crippen LogP contribution in [0.1, 0.15) is 32.1 Å². The van der Waals surface area contributed by atoms with Crippen molar-refractivity contribution < 1.29 is 34.5 Å². The molecular weight excluding hydrogens is 440 g/mol. The van der Waals surface area contributed by atoms with Crippen LogP contribution in [0.3, 0.4) is 0 Å². The number of hydrogen-bond donors (Lipinski definition) is 10. The number of carboxylic acids is 1. The molecule has 0 spiro atoms. The van der Waals surface area contributed by atoms with Crippen molar-refractivity contribution in [1.29, 1.82) is 0 Å². The van der Waals surface area contributed by atoms with Crippen LogP contribution >= 0.6 is 0 Å². The van der Waals surface area contributed by atoms with E-state index < -0.39 is 61.1 Å². The summed E-state index contributed by atoms with van der Waals surface area (Å²) in [4.78, 5) is 52.4. The van der Waals surface area contributed by atoms with Crippen molar-refractivity contribution in [3.8, 4) is 0 Å². The third-order valence-corrected chi connectivity index (χ3v) is 4.49. The molecule has 0 aliphatic rings. The van der Waals surface area contributed by atoms with Crippen LogP contribution < -0.4 is 38.9 Å². The fourth-order valence-corrected chi connectivity index (χ4v) is 2.63. The largest absolute Gasteiger partial charge is 0.480 e. The Morgan fingerprint density at radius 1 is 0.788 bits per heavy atom. The Morgan fingerprint density at radius 3 is 1.76 bits per heavy atom. The molecule has 3 amide bonds. The highest BCUT2D eigenvalue weighted by Crippen LogP contribution is 2.05.